The maximum absolute atomic E-state index is 12.3. The highest BCUT2D eigenvalue weighted by atomic mass is 79.9. The first-order valence-electron chi connectivity index (χ1n) is 6.09. The Morgan fingerprint density at radius 1 is 1.24 bits per heavy atom. The summed E-state index contributed by atoms with van der Waals surface area (Å²) in [5.41, 5.74) is 0.818. The van der Waals surface area contributed by atoms with Crippen molar-refractivity contribution < 1.29 is 12.8 Å². The lowest BCUT2D eigenvalue weighted by atomic mass is 10.2. The number of hydrogen-bond donors (Lipinski definition) is 2. The number of rotatable bonds is 6. The number of nitrogens with one attached hydrogen (secondary N) is 2. The molecule has 1 aromatic carbocycles. The molecule has 0 amide bonds. The van der Waals surface area contributed by atoms with Gasteiger partial charge in [-0.2, -0.15) is 0 Å². The van der Waals surface area contributed by atoms with Crippen molar-refractivity contribution >= 4 is 37.6 Å². The van der Waals surface area contributed by atoms with Crippen molar-refractivity contribution in [3.8, 4) is 0 Å². The van der Waals surface area contributed by atoms with E-state index in [1.165, 1.54) is 6.07 Å². The van der Waals surface area contributed by atoms with E-state index in [-0.39, 0.29) is 16.1 Å². The molecule has 0 aliphatic heterocycles. The molecule has 0 radical (unpaired) electrons. The lowest BCUT2D eigenvalue weighted by Crippen LogP contribution is -2.23. The molecule has 8 heteroatoms. The van der Waals surface area contributed by atoms with Crippen LogP contribution in [-0.2, 0) is 23.1 Å². The topological polar surface area (TPSA) is 71.3 Å². The van der Waals surface area contributed by atoms with Crippen LogP contribution in [0.25, 0.3) is 0 Å². The van der Waals surface area contributed by atoms with Gasteiger partial charge in [0.05, 0.1) is 6.54 Å². The Morgan fingerprint density at radius 2 is 1.90 bits per heavy atom. The summed E-state index contributed by atoms with van der Waals surface area (Å²) in [6.45, 7) is 0.629. The molecule has 0 fully saturated rings. The fraction of sp³-hybridized carbons (Fsp3) is 0.231. The second kappa shape index (κ2) is 6.93. The zero-order chi connectivity index (χ0) is 15.5. The van der Waals surface area contributed by atoms with E-state index in [0.717, 1.165) is 5.56 Å². The summed E-state index contributed by atoms with van der Waals surface area (Å²) >= 11 is 8.92. The van der Waals surface area contributed by atoms with Gasteiger partial charge in [0.15, 0.2) is 4.67 Å². The molecular formula is C13H14BrClN2O3S. The van der Waals surface area contributed by atoms with Crippen LogP contribution in [0.15, 0.2) is 44.3 Å². The molecule has 0 atom stereocenters. The summed E-state index contributed by atoms with van der Waals surface area (Å²) in [5, 5.41) is 3.50. The third-order valence-corrected chi connectivity index (χ3v) is 5.24. The molecule has 2 rings (SSSR count). The maximum atomic E-state index is 12.3. The van der Waals surface area contributed by atoms with Gasteiger partial charge in [-0.05, 0) is 40.7 Å². The van der Waals surface area contributed by atoms with Crippen LogP contribution < -0.4 is 10.0 Å². The minimum absolute atomic E-state index is 0.0849. The SMILES string of the molecule is CNCc1cc(S(=O)(=O)NCc2ccc(Cl)cc2)c(Br)o1. The molecule has 1 aromatic heterocycles. The van der Waals surface area contributed by atoms with Gasteiger partial charge >= 0.3 is 0 Å². The van der Waals surface area contributed by atoms with Crippen LogP contribution in [0.3, 0.4) is 0 Å². The predicted molar refractivity (Wildman–Crippen MR) is 84.6 cm³/mol. The normalized spacial score (nSPS) is 11.8. The van der Waals surface area contributed by atoms with E-state index in [2.05, 4.69) is 26.0 Å². The van der Waals surface area contributed by atoms with Crippen molar-refractivity contribution in [1.29, 1.82) is 0 Å². The van der Waals surface area contributed by atoms with E-state index >= 15 is 0 Å². The van der Waals surface area contributed by atoms with E-state index in [1.54, 1.807) is 31.3 Å². The molecule has 0 spiro atoms. The van der Waals surface area contributed by atoms with Gasteiger partial charge in [-0.3, -0.25) is 0 Å². The lowest BCUT2D eigenvalue weighted by Gasteiger charge is -2.05. The van der Waals surface area contributed by atoms with Crippen LogP contribution >= 0.6 is 27.5 Å². The number of furan rings is 1. The van der Waals surface area contributed by atoms with Crippen LogP contribution in [0.5, 0.6) is 0 Å². The van der Waals surface area contributed by atoms with Gasteiger partial charge in [-0.15, -0.1) is 0 Å². The molecular weight excluding hydrogens is 380 g/mol. The third-order valence-electron chi connectivity index (χ3n) is 2.73. The van der Waals surface area contributed by atoms with Gasteiger partial charge in [0, 0.05) is 17.6 Å². The van der Waals surface area contributed by atoms with Crippen LogP contribution in [-0.4, -0.2) is 15.5 Å². The summed E-state index contributed by atoms with van der Waals surface area (Å²) in [5.74, 6) is 0.538. The molecule has 114 valence electrons. The zero-order valence-electron chi connectivity index (χ0n) is 11.2. The number of halogens is 2. The lowest BCUT2D eigenvalue weighted by molar-refractivity contribution is 0.470. The number of sulfonamides is 1. The van der Waals surface area contributed by atoms with Crippen LogP contribution in [0.4, 0.5) is 0 Å². The minimum Gasteiger partial charge on any atom is -0.452 e. The molecule has 0 aliphatic rings. The van der Waals surface area contributed by atoms with Crippen LogP contribution in [0, 0.1) is 0 Å². The molecule has 2 N–H and O–H groups in total. The molecule has 1 heterocycles. The standard InChI is InChI=1S/C13H14BrClN2O3S/c1-16-8-11-6-12(13(14)20-11)21(18,19)17-7-9-2-4-10(15)5-3-9/h2-6,16-17H,7-8H2,1H3. The molecule has 0 saturated heterocycles. The van der Waals surface area contributed by atoms with Crippen LogP contribution in [0.2, 0.25) is 5.02 Å². The van der Waals surface area contributed by atoms with Gasteiger partial charge < -0.3 is 9.73 Å². The Balaban J connectivity index is 2.12. The smallest absolute Gasteiger partial charge is 0.245 e. The van der Waals surface area contributed by atoms with Gasteiger partial charge in [-0.25, -0.2) is 13.1 Å². The van der Waals surface area contributed by atoms with Crippen molar-refractivity contribution in [3.63, 3.8) is 0 Å². The highest BCUT2D eigenvalue weighted by Gasteiger charge is 2.22. The van der Waals surface area contributed by atoms with Crippen molar-refractivity contribution in [2.24, 2.45) is 0 Å². The van der Waals surface area contributed by atoms with Gasteiger partial charge in [-0.1, -0.05) is 23.7 Å². The maximum Gasteiger partial charge on any atom is 0.245 e. The van der Waals surface area contributed by atoms with E-state index in [0.29, 0.717) is 17.3 Å². The predicted octanol–water partition coefficient (Wildman–Crippen LogP) is 2.89. The Hall–Kier alpha value is -0.860. The Morgan fingerprint density at radius 3 is 2.52 bits per heavy atom. The third kappa shape index (κ3) is 4.31. The number of benzene rings is 1. The Labute approximate surface area is 136 Å². The minimum atomic E-state index is -3.65. The van der Waals surface area contributed by atoms with Crippen molar-refractivity contribution in [2.75, 3.05) is 7.05 Å². The fourth-order valence-electron chi connectivity index (χ4n) is 1.70. The summed E-state index contributed by atoms with van der Waals surface area (Å²) < 4.78 is 32.6. The van der Waals surface area contributed by atoms with Crippen LogP contribution in [0.1, 0.15) is 11.3 Å². The second-order valence-corrected chi connectivity index (χ2v) is 7.22. The first kappa shape index (κ1) is 16.5. The zero-order valence-corrected chi connectivity index (χ0v) is 14.3. The van der Waals surface area contributed by atoms with E-state index in [9.17, 15) is 8.42 Å². The average Bonchev–Trinajstić information content (AvgIpc) is 2.80. The average molecular weight is 394 g/mol. The van der Waals surface area contributed by atoms with Crippen molar-refractivity contribution in [3.05, 3.63) is 51.3 Å². The van der Waals surface area contributed by atoms with Gasteiger partial charge in [0.2, 0.25) is 10.0 Å². The molecule has 0 unspecified atom stereocenters. The molecule has 5 nitrogen and oxygen atoms in total. The van der Waals surface area contributed by atoms with Crippen molar-refractivity contribution in [1.82, 2.24) is 10.0 Å². The molecule has 0 bridgehead atoms. The summed E-state index contributed by atoms with van der Waals surface area (Å²) in [7, 11) is -1.89. The summed E-state index contributed by atoms with van der Waals surface area (Å²) in [6.07, 6.45) is 0. The Kier molecular flexibility index (Phi) is 5.45. The van der Waals surface area contributed by atoms with Crippen molar-refractivity contribution in [2.45, 2.75) is 18.0 Å². The van der Waals surface area contributed by atoms with Gasteiger partial charge in [0.25, 0.3) is 0 Å². The highest BCUT2D eigenvalue weighted by molar-refractivity contribution is 9.10. The summed E-state index contributed by atoms with van der Waals surface area (Å²) in [6, 6.07) is 8.45. The van der Waals surface area contributed by atoms with E-state index < -0.39 is 10.0 Å². The molecule has 21 heavy (non-hydrogen) atoms. The molecule has 0 saturated carbocycles. The fourth-order valence-corrected chi connectivity index (χ4v) is 3.84. The highest BCUT2D eigenvalue weighted by Crippen LogP contribution is 2.26. The van der Waals surface area contributed by atoms with Gasteiger partial charge in [0.1, 0.15) is 10.7 Å². The molecule has 0 aliphatic carbocycles. The largest absolute Gasteiger partial charge is 0.452 e. The Bertz CT molecular complexity index is 714. The number of hydrogen-bond acceptors (Lipinski definition) is 4. The monoisotopic (exact) mass is 392 g/mol. The van der Waals surface area contributed by atoms with E-state index in [1.807, 2.05) is 0 Å². The summed E-state index contributed by atoms with van der Waals surface area (Å²) in [4.78, 5) is 0.0849. The quantitative estimate of drug-likeness (QED) is 0.791. The first-order valence-corrected chi connectivity index (χ1v) is 8.74. The molecule has 2 aromatic rings. The second-order valence-electron chi connectivity index (χ2n) is 4.33. The van der Waals surface area contributed by atoms with E-state index in [4.69, 9.17) is 16.0 Å². The first-order chi connectivity index (χ1) is 9.92.